The average Bonchev–Trinajstić information content (AvgIpc) is 3.13. The lowest BCUT2D eigenvalue weighted by Crippen LogP contribution is -2.51. The molecule has 0 aromatic heterocycles. The van der Waals surface area contributed by atoms with Gasteiger partial charge in [0, 0.05) is 38.0 Å². The number of nitrogens with one attached hydrogen (secondary N) is 1. The molecule has 3 fully saturated rings. The van der Waals surface area contributed by atoms with Crippen molar-refractivity contribution in [2.75, 3.05) is 45.8 Å². The maximum absolute atomic E-state index is 12.7. The first kappa shape index (κ1) is 17.9. The second-order valence-electron chi connectivity index (χ2n) is 7.97. The molecule has 5 heteroatoms. The van der Waals surface area contributed by atoms with E-state index in [-0.39, 0.29) is 11.8 Å². The Bertz CT molecular complexity index is 432. The van der Waals surface area contributed by atoms with E-state index in [9.17, 15) is 9.59 Å². The Hall–Kier alpha value is -0.940. The zero-order valence-corrected chi connectivity index (χ0v) is 15.1. The summed E-state index contributed by atoms with van der Waals surface area (Å²) in [5, 5.41) is 3.44. The Kier molecular flexibility index (Phi) is 6.28. The fourth-order valence-corrected chi connectivity index (χ4v) is 4.52. The second-order valence-corrected chi connectivity index (χ2v) is 7.97. The van der Waals surface area contributed by atoms with Gasteiger partial charge >= 0.3 is 0 Å². The maximum atomic E-state index is 12.7. The Morgan fingerprint density at radius 1 is 0.958 bits per heavy atom. The van der Waals surface area contributed by atoms with Crippen molar-refractivity contribution in [2.45, 2.75) is 45.4 Å². The maximum Gasteiger partial charge on any atom is 0.225 e. The molecule has 5 nitrogen and oxygen atoms in total. The van der Waals surface area contributed by atoms with Crippen LogP contribution in [0.2, 0.25) is 0 Å². The van der Waals surface area contributed by atoms with Gasteiger partial charge in [-0.2, -0.15) is 0 Å². The molecular weight excluding hydrogens is 302 g/mol. The summed E-state index contributed by atoms with van der Waals surface area (Å²) in [5.74, 6) is 1.86. The molecule has 24 heavy (non-hydrogen) atoms. The van der Waals surface area contributed by atoms with Gasteiger partial charge in [-0.05, 0) is 71.0 Å². The molecule has 2 heterocycles. The van der Waals surface area contributed by atoms with Crippen LogP contribution in [0.5, 0.6) is 0 Å². The minimum Gasteiger partial charge on any atom is -0.340 e. The molecule has 1 N–H and O–H groups in total. The van der Waals surface area contributed by atoms with Crippen LogP contribution in [0, 0.1) is 17.8 Å². The lowest BCUT2D eigenvalue weighted by atomic mass is 9.79. The third kappa shape index (κ3) is 4.57. The van der Waals surface area contributed by atoms with E-state index in [0.29, 0.717) is 11.7 Å². The van der Waals surface area contributed by atoms with Crippen LogP contribution in [0.1, 0.15) is 45.4 Å². The van der Waals surface area contributed by atoms with Crippen molar-refractivity contribution in [2.24, 2.45) is 17.8 Å². The minimum absolute atomic E-state index is 0.164. The third-order valence-corrected chi connectivity index (χ3v) is 6.35. The zero-order chi connectivity index (χ0) is 16.9. The van der Waals surface area contributed by atoms with E-state index in [0.717, 1.165) is 57.8 Å². The van der Waals surface area contributed by atoms with E-state index in [1.54, 1.807) is 6.92 Å². The van der Waals surface area contributed by atoms with Crippen molar-refractivity contribution in [3.63, 3.8) is 0 Å². The number of hydrogen-bond acceptors (Lipinski definition) is 4. The molecule has 1 atom stereocenters. The van der Waals surface area contributed by atoms with Crippen LogP contribution in [-0.2, 0) is 9.59 Å². The van der Waals surface area contributed by atoms with E-state index in [1.807, 2.05) is 0 Å². The number of amides is 1. The normalized spacial score (nSPS) is 32.0. The first-order valence-corrected chi connectivity index (χ1v) is 9.86. The molecular formula is C19H33N3O2. The molecule has 0 aromatic rings. The summed E-state index contributed by atoms with van der Waals surface area (Å²) >= 11 is 0. The molecule has 0 bridgehead atoms. The SMILES string of the molecule is CC(=O)C1CCC(C(=O)N2CCN(CCC3CCNC3)CC2)CC1. The van der Waals surface area contributed by atoms with Crippen LogP contribution in [0.4, 0.5) is 0 Å². The van der Waals surface area contributed by atoms with Crippen LogP contribution in [-0.4, -0.2) is 67.3 Å². The summed E-state index contributed by atoms with van der Waals surface area (Å²) in [6, 6.07) is 0. The molecule has 3 aliphatic rings. The molecule has 3 rings (SSSR count). The number of hydrogen-bond donors (Lipinski definition) is 1. The van der Waals surface area contributed by atoms with E-state index < -0.39 is 0 Å². The average molecular weight is 335 g/mol. The Labute approximate surface area is 146 Å². The van der Waals surface area contributed by atoms with Gasteiger partial charge in [-0.15, -0.1) is 0 Å². The predicted octanol–water partition coefficient (Wildman–Crippen LogP) is 1.53. The predicted molar refractivity (Wildman–Crippen MR) is 94.7 cm³/mol. The van der Waals surface area contributed by atoms with Gasteiger partial charge in [0.25, 0.3) is 0 Å². The number of nitrogens with zero attached hydrogens (tertiary/aromatic N) is 2. The van der Waals surface area contributed by atoms with Gasteiger partial charge in [0.15, 0.2) is 0 Å². The molecule has 0 spiro atoms. The summed E-state index contributed by atoms with van der Waals surface area (Å²) in [6.45, 7) is 9.04. The Balaban J connectivity index is 1.36. The quantitative estimate of drug-likeness (QED) is 0.828. The zero-order valence-electron chi connectivity index (χ0n) is 15.1. The summed E-state index contributed by atoms with van der Waals surface area (Å²) in [7, 11) is 0. The smallest absolute Gasteiger partial charge is 0.225 e. The van der Waals surface area contributed by atoms with Crippen molar-refractivity contribution in [3.05, 3.63) is 0 Å². The molecule has 1 unspecified atom stereocenters. The van der Waals surface area contributed by atoms with Gasteiger partial charge < -0.3 is 10.2 Å². The van der Waals surface area contributed by atoms with Crippen molar-refractivity contribution >= 4 is 11.7 Å². The first-order valence-electron chi connectivity index (χ1n) is 9.86. The molecule has 1 saturated carbocycles. The summed E-state index contributed by atoms with van der Waals surface area (Å²) < 4.78 is 0. The Morgan fingerprint density at radius 2 is 1.62 bits per heavy atom. The van der Waals surface area contributed by atoms with E-state index >= 15 is 0 Å². The lowest BCUT2D eigenvalue weighted by molar-refractivity contribution is -0.139. The molecule has 1 aliphatic carbocycles. The molecule has 136 valence electrons. The summed E-state index contributed by atoms with van der Waals surface area (Å²) in [4.78, 5) is 28.8. The van der Waals surface area contributed by atoms with E-state index in [4.69, 9.17) is 0 Å². The van der Waals surface area contributed by atoms with Gasteiger partial charge in [-0.1, -0.05) is 0 Å². The van der Waals surface area contributed by atoms with Crippen LogP contribution in [0.3, 0.4) is 0 Å². The topological polar surface area (TPSA) is 52.7 Å². The van der Waals surface area contributed by atoms with Gasteiger partial charge in [0.05, 0.1) is 0 Å². The van der Waals surface area contributed by atoms with Crippen molar-refractivity contribution in [1.29, 1.82) is 0 Å². The molecule has 0 radical (unpaired) electrons. The fourth-order valence-electron chi connectivity index (χ4n) is 4.52. The highest BCUT2D eigenvalue weighted by Crippen LogP contribution is 2.30. The molecule has 2 saturated heterocycles. The van der Waals surface area contributed by atoms with Crippen molar-refractivity contribution in [3.8, 4) is 0 Å². The van der Waals surface area contributed by atoms with Crippen LogP contribution in [0.25, 0.3) is 0 Å². The largest absolute Gasteiger partial charge is 0.340 e. The molecule has 0 aromatic carbocycles. The van der Waals surface area contributed by atoms with Crippen LogP contribution >= 0.6 is 0 Å². The minimum atomic E-state index is 0.164. The molecule has 2 aliphatic heterocycles. The number of carbonyl (C=O) groups excluding carboxylic acids is 2. The van der Waals surface area contributed by atoms with Gasteiger partial charge in [0.2, 0.25) is 5.91 Å². The fraction of sp³-hybridized carbons (Fsp3) is 0.895. The number of carbonyl (C=O) groups is 2. The highest BCUT2D eigenvalue weighted by molar-refractivity contribution is 5.81. The lowest BCUT2D eigenvalue weighted by Gasteiger charge is -2.38. The number of Topliss-reactive ketones (excluding diaryl/α,β-unsaturated/α-hetero) is 1. The third-order valence-electron chi connectivity index (χ3n) is 6.35. The van der Waals surface area contributed by atoms with Crippen LogP contribution < -0.4 is 5.32 Å². The summed E-state index contributed by atoms with van der Waals surface area (Å²) in [6.07, 6.45) is 6.22. The van der Waals surface area contributed by atoms with Crippen molar-refractivity contribution in [1.82, 2.24) is 15.1 Å². The highest BCUT2D eigenvalue weighted by atomic mass is 16.2. The summed E-state index contributed by atoms with van der Waals surface area (Å²) in [5.41, 5.74) is 0. The molecule has 1 amide bonds. The number of rotatable bonds is 5. The first-order chi connectivity index (χ1) is 11.6. The Morgan fingerprint density at radius 3 is 2.21 bits per heavy atom. The highest BCUT2D eigenvalue weighted by Gasteiger charge is 2.32. The number of ketones is 1. The van der Waals surface area contributed by atoms with E-state index in [2.05, 4.69) is 15.1 Å². The van der Waals surface area contributed by atoms with Crippen molar-refractivity contribution < 1.29 is 9.59 Å². The van der Waals surface area contributed by atoms with Gasteiger partial charge in [-0.3, -0.25) is 14.5 Å². The van der Waals surface area contributed by atoms with E-state index in [1.165, 1.54) is 32.5 Å². The van der Waals surface area contributed by atoms with Crippen LogP contribution in [0.15, 0.2) is 0 Å². The van der Waals surface area contributed by atoms with Gasteiger partial charge in [0.1, 0.15) is 5.78 Å². The monoisotopic (exact) mass is 335 g/mol. The second kappa shape index (κ2) is 8.43. The standard InChI is InChI=1S/C19H33N3O2/c1-15(23)17-2-4-18(5-3-17)19(24)22-12-10-21(11-13-22)9-7-16-6-8-20-14-16/h16-18,20H,2-14H2,1H3. The number of piperazine rings is 1. The van der Waals surface area contributed by atoms with Gasteiger partial charge in [-0.25, -0.2) is 0 Å².